The second kappa shape index (κ2) is 4.20. The van der Waals surface area contributed by atoms with Crippen molar-refractivity contribution in [2.75, 3.05) is 0 Å². The van der Waals surface area contributed by atoms with E-state index in [2.05, 4.69) is 101 Å². The number of hydrogen-bond donors (Lipinski definition) is 0. The van der Waals surface area contributed by atoms with Gasteiger partial charge in [0.2, 0.25) is 0 Å². The van der Waals surface area contributed by atoms with Gasteiger partial charge in [0, 0.05) is 23.3 Å². The van der Waals surface area contributed by atoms with Gasteiger partial charge in [-0.1, -0.05) is 65.3 Å². The quantitative estimate of drug-likeness (QED) is 0.625. The molecule has 4 rings (SSSR count). The van der Waals surface area contributed by atoms with Gasteiger partial charge in [0.05, 0.1) is 12.4 Å². The topological polar surface area (TPSA) is 8.81 Å². The summed E-state index contributed by atoms with van der Waals surface area (Å²) in [5, 5.41) is 0. The minimum absolute atomic E-state index is 0.258. The van der Waals surface area contributed by atoms with Crippen LogP contribution in [0, 0.1) is 0 Å². The molecule has 0 N–H and O–H groups in total. The summed E-state index contributed by atoms with van der Waals surface area (Å²) in [7, 11) is 0. The lowest BCUT2D eigenvalue weighted by Crippen LogP contribution is -2.57. The van der Waals surface area contributed by atoms with Crippen LogP contribution in [-0.2, 0) is 5.54 Å². The molecule has 1 aliphatic heterocycles. The maximum absolute atomic E-state index is 2.26. The van der Waals surface area contributed by atoms with Crippen LogP contribution in [0.1, 0.15) is 11.1 Å². The number of fused-ring (bicyclic) bond motifs is 1. The molecule has 0 atom stereocenters. The lowest BCUT2D eigenvalue weighted by molar-refractivity contribution is -0.790. The van der Waals surface area contributed by atoms with Gasteiger partial charge in [-0.05, 0) is 0 Å². The Bertz CT molecular complexity index is 715. The number of aromatic nitrogens is 2. The molecule has 0 aliphatic carbocycles. The van der Waals surface area contributed by atoms with E-state index in [4.69, 9.17) is 0 Å². The van der Waals surface area contributed by atoms with Crippen LogP contribution in [-0.4, -0.2) is 4.68 Å². The highest BCUT2D eigenvalue weighted by molar-refractivity contribution is 5.46. The van der Waals surface area contributed by atoms with E-state index in [1.807, 2.05) is 0 Å². The molecule has 1 aliphatic rings. The monoisotopic (exact) mass is 259 g/mol. The predicted octanol–water partition coefficient (Wildman–Crippen LogP) is 3.05. The van der Waals surface area contributed by atoms with Crippen molar-refractivity contribution in [2.45, 2.75) is 5.54 Å². The number of hydrogen-bond acceptors (Lipinski definition) is 0. The van der Waals surface area contributed by atoms with Crippen molar-refractivity contribution >= 4 is 6.20 Å². The van der Waals surface area contributed by atoms with E-state index in [-0.39, 0.29) is 5.54 Å². The van der Waals surface area contributed by atoms with Crippen molar-refractivity contribution in [3.8, 4) is 0 Å². The molecule has 2 heteroatoms. The van der Waals surface area contributed by atoms with Crippen LogP contribution in [0.4, 0.5) is 0 Å². The molecular formula is C18H15N2+. The minimum Gasteiger partial charge on any atom is -0.134 e. The molecule has 96 valence electrons. The summed E-state index contributed by atoms with van der Waals surface area (Å²) >= 11 is 0. The minimum atomic E-state index is -0.258. The van der Waals surface area contributed by atoms with Crippen LogP contribution in [0.15, 0.2) is 85.2 Å². The third-order valence-electron chi connectivity index (χ3n) is 3.97. The Hall–Kier alpha value is -2.61. The molecule has 0 saturated carbocycles. The van der Waals surface area contributed by atoms with Crippen LogP contribution < -0.4 is 4.68 Å². The van der Waals surface area contributed by atoms with Gasteiger partial charge in [0.1, 0.15) is 0 Å². The predicted molar refractivity (Wildman–Crippen MR) is 79.0 cm³/mol. The standard InChI is InChI=1S/C18H15N2/c1-3-8-16(9-4-1)18(17-10-5-2-6-11-17)12-15-19-13-7-14-20(18)19/h1-15H/q+1. The summed E-state index contributed by atoms with van der Waals surface area (Å²) in [6, 6.07) is 23.3. The first-order chi connectivity index (χ1) is 9.91. The molecule has 0 saturated heterocycles. The number of rotatable bonds is 2. The Kier molecular flexibility index (Phi) is 2.36. The fraction of sp³-hybridized carbons (Fsp3) is 0.0556. The Balaban J connectivity index is 2.04. The van der Waals surface area contributed by atoms with E-state index in [0.29, 0.717) is 0 Å². The molecule has 0 bridgehead atoms. The van der Waals surface area contributed by atoms with Gasteiger partial charge in [-0.3, -0.25) is 0 Å². The fourth-order valence-corrected chi connectivity index (χ4v) is 3.05. The van der Waals surface area contributed by atoms with Crippen molar-refractivity contribution in [1.29, 1.82) is 0 Å². The number of allylic oxidation sites excluding steroid dienone is 1. The van der Waals surface area contributed by atoms with Gasteiger partial charge in [-0.25, -0.2) is 0 Å². The normalized spacial score (nSPS) is 15.2. The van der Waals surface area contributed by atoms with Crippen molar-refractivity contribution < 1.29 is 4.68 Å². The molecule has 0 amide bonds. The Morgan fingerprint density at radius 3 is 1.95 bits per heavy atom. The average Bonchev–Trinajstić information content (AvgIpc) is 3.11. The molecule has 20 heavy (non-hydrogen) atoms. The van der Waals surface area contributed by atoms with Crippen molar-refractivity contribution in [1.82, 2.24) is 4.68 Å². The Morgan fingerprint density at radius 2 is 1.35 bits per heavy atom. The van der Waals surface area contributed by atoms with E-state index in [1.165, 1.54) is 11.1 Å². The van der Waals surface area contributed by atoms with Crippen molar-refractivity contribution in [3.05, 3.63) is 96.3 Å². The van der Waals surface area contributed by atoms with Gasteiger partial charge in [0.15, 0.2) is 6.20 Å². The fourth-order valence-electron chi connectivity index (χ4n) is 3.05. The van der Waals surface area contributed by atoms with Crippen molar-refractivity contribution in [2.24, 2.45) is 0 Å². The average molecular weight is 259 g/mol. The first-order valence-corrected chi connectivity index (χ1v) is 6.81. The highest BCUT2D eigenvalue weighted by atomic mass is 15.4. The molecular weight excluding hydrogens is 244 g/mol. The lowest BCUT2D eigenvalue weighted by atomic mass is 9.83. The van der Waals surface area contributed by atoms with Gasteiger partial charge in [0.25, 0.3) is 5.54 Å². The maximum atomic E-state index is 2.26. The Morgan fingerprint density at radius 1 is 0.750 bits per heavy atom. The molecule has 2 aromatic carbocycles. The summed E-state index contributed by atoms with van der Waals surface area (Å²) in [5.74, 6) is 0. The van der Waals surface area contributed by atoms with Crippen LogP contribution in [0.3, 0.4) is 0 Å². The second-order valence-corrected chi connectivity index (χ2v) is 5.03. The molecule has 2 heterocycles. The molecule has 3 aromatic rings. The van der Waals surface area contributed by atoms with Gasteiger partial charge >= 0.3 is 0 Å². The SMILES string of the molecule is C1=CC(c2ccccc2)(c2ccccc2)[n+]2cccn21. The summed E-state index contributed by atoms with van der Waals surface area (Å²) < 4.78 is 4.39. The van der Waals surface area contributed by atoms with Crippen LogP contribution >= 0.6 is 0 Å². The number of benzene rings is 2. The molecule has 0 fully saturated rings. The molecule has 1 aromatic heterocycles. The molecule has 0 radical (unpaired) electrons. The first-order valence-electron chi connectivity index (χ1n) is 6.81. The molecule has 0 spiro atoms. The van der Waals surface area contributed by atoms with Gasteiger partial charge < -0.3 is 0 Å². The van der Waals surface area contributed by atoms with Gasteiger partial charge in [-0.2, -0.15) is 0 Å². The highest BCUT2D eigenvalue weighted by Crippen LogP contribution is 2.33. The lowest BCUT2D eigenvalue weighted by Gasteiger charge is -2.22. The van der Waals surface area contributed by atoms with Crippen LogP contribution in [0.2, 0.25) is 0 Å². The summed E-state index contributed by atoms with van der Waals surface area (Å²) in [6.45, 7) is 0. The largest absolute Gasteiger partial charge is 0.262 e. The summed E-state index contributed by atoms with van der Waals surface area (Å²) in [6.07, 6.45) is 8.59. The zero-order chi connectivity index (χ0) is 13.4. The second-order valence-electron chi connectivity index (χ2n) is 5.03. The van der Waals surface area contributed by atoms with Crippen molar-refractivity contribution in [3.63, 3.8) is 0 Å². The Labute approximate surface area is 118 Å². The van der Waals surface area contributed by atoms with E-state index < -0.39 is 0 Å². The van der Waals surface area contributed by atoms with Gasteiger partial charge in [-0.15, -0.1) is 4.68 Å². The summed E-state index contributed by atoms with van der Waals surface area (Å²) in [5.41, 5.74) is 2.28. The third-order valence-corrected chi connectivity index (χ3v) is 3.97. The third kappa shape index (κ3) is 1.42. The van der Waals surface area contributed by atoms with E-state index in [0.717, 1.165) is 0 Å². The molecule has 2 nitrogen and oxygen atoms in total. The first kappa shape index (κ1) is 11.2. The summed E-state index contributed by atoms with van der Waals surface area (Å²) in [4.78, 5) is 0. The zero-order valence-corrected chi connectivity index (χ0v) is 11.1. The molecule has 0 unspecified atom stereocenters. The van der Waals surface area contributed by atoms with Crippen LogP contribution in [0.5, 0.6) is 0 Å². The number of nitrogens with zero attached hydrogens (tertiary/aromatic N) is 2. The maximum Gasteiger partial charge on any atom is 0.262 e. The smallest absolute Gasteiger partial charge is 0.134 e. The zero-order valence-electron chi connectivity index (χ0n) is 11.1. The van der Waals surface area contributed by atoms with E-state index in [1.54, 1.807) is 0 Å². The highest BCUT2D eigenvalue weighted by Gasteiger charge is 2.46. The van der Waals surface area contributed by atoms with E-state index >= 15 is 0 Å². The van der Waals surface area contributed by atoms with E-state index in [9.17, 15) is 0 Å². The van der Waals surface area contributed by atoms with Crippen LogP contribution in [0.25, 0.3) is 6.20 Å².